The molecule has 1 amide bonds. The minimum atomic E-state index is 0.108. The number of likely N-dealkylation sites (tertiary alicyclic amines) is 1. The lowest BCUT2D eigenvalue weighted by molar-refractivity contribution is -0.132. The molecule has 3 rings (SSSR count). The maximum atomic E-state index is 12.1. The smallest absolute Gasteiger partial charge is 0.223 e. The summed E-state index contributed by atoms with van der Waals surface area (Å²) in [4.78, 5) is 22.3. The molecular weight excluding hydrogens is 416 g/mol. The van der Waals surface area contributed by atoms with Crippen molar-refractivity contribution in [2.75, 3.05) is 24.2 Å². The highest BCUT2D eigenvalue weighted by atomic mass is 79.9. The third-order valence-electron chi connectivity index (χ3n) is 3.88. The van der Waals surface area contributed by atoms with Crippen molar-refractivity contribution in [3.05, 3.63) is 10.9 Å². The standard InChI is InChI=1S/C13H16Br2N6O/c14-4-3-9(22)20-5-1-2-8(6-20)21-13-10(11(15)19-21)12(16)17-7-18-13/h7-8H,1-6H2,(H2,16,17,18)/t8-/m1/s1. The van der Waals surface area contributed by atoms with Crippen molar-refractivity contribution in [2.24, 2.45) is 0 Å². The molecule has 0 aromatic carbocycles. The van der Waals surface area contributed by atoms with E-state index in [0.717, 1.165) is 24.8 Å². The van der Waals surface area contributed by atoms with E-state index in [4.69, 9.17) is 5.73 Å². The number of anilines is 1. The van der Waals surface area contributed by atoms with Crippen molar-refractivity contribution in [3.8, 4) is 0 Å². The number of carbonyl (C=O) groups is 1. The Kier molecular flexibility index (Phi) is 4.62. The highest BCUT2D eigenvalue weighted by Crippen LogP contribution is 2.30. The predicted octanol–water partition coefficient (Wildman–Crippen LogP) is 2.12. The number of amides is 1. The first kappa shape index (κ1) is 15.7. The first-order chi connectivity index (χ1) is 10.6. The lowest BCUT2D eigenvalue weighted by atomic mass is 10.1. The van der Waals surface area contributed by atoms with E-state index in [-0.39, 0.29) is 11.9 Å². The van der Waals surface area contributed by atoms with Crippen LogP contribution in [0.5, 0.6) is 0 Å². The average molecular weight is 432 g/mol. The fourth-order valence-electron chi connectivity index (χ4n) is 2.83. The number of alkyl halides is 1. The highest BCUT2D eigenvalue weighted by Gasteiger charge is 2.27. The minimum Gasteiger partial charge on any atom is -0.383 e. The molecule has 118 valence electrons. The van der Waals surface area contributed by atoms with Gasteiger partial charge in [-0.2, -0.15) is 5.10 Å². The van der Waals surface area contributed by atoms with E-state index >= 15 is 0 Å². The molecule has 2 N–H and O–H groups in total. The first-order valence-corrected chi connectivity index (χ1v) is 9.01. The first-order valence-electron chi connectivity index (χ1n) is 7.09. The van der Waals surface area contributed by atoms with Gasteiger partial charge in [0.05, 0.1) is 11.4 Å². The summed E-state index contributed by atoms with van der Waals surface area (Å²) in [5.41, 5.74) is 6.62. The lowest BCUT2D eigenvalue weighted by Crippen LogP contribution is -2.41. The Bertz CT molecular complexity index is 703. The third-order valence-corrected chi connectivity index (χ3v) is 4.83. The van der Waals surface area contributed by atoms with Gasteiger partial charge in [0, 0.05) is 24.8 Å². The number of halogens is 2. The van der Waals surface area contributed by atoms with E-state index in [0.29, 0.717) is 34.4 Å². The molecule has 22 heavy (non-hydrogen) atoms. The molecule has 0 bridgehead atoms. The Labute approximate surface area is 144 Å². The second kappa shape index (κ2) is 6.49. The fraction of sp³-hybridized carbons (Fsp3) is 0.538. The van der Waals surface area contributed by atoms with E-state index in [1.807, 2.05) is 9.58 Å². The second-order valence-electron chi connectivity index (χ2n) is 5.27. The number of piperidine rings is 1. The van der Waals surface area contributed by atoms with Crippen molar-refractivity contribution in [3.63, 3.8) is 0 Å². The van der Waals surface area contributed by atoms with E-state index in [9.17, 15) is 4.79 Å². The van der Waals surface area contributed by atoms with Gasteiger partial charge in [0.25, 0.3) is 0 Å². The molecule has 0 aliphatic carbocycles. The van der Waals surface area contributed by atoms with Crippen molar-refractivity contribution in [1.82, 2.24) is 24.6 Å². The summed E-state index contributed by atoms with van der Waals surface area (Å²) in [7, 11) is 0. The monoisotopic (exact) mass is 430 g/mol. The Balaban J connectivity index is 1.91. The van der Waals surface area contributed by atoms with Crippen LogP contribution in [0, 0.1) is 0 Å². The zero-order valence-corrected chi connectivity index (χ0v) is 15.0. The number of hydrogen-bond acceptors (Lipinski definition) is 5. The molecule has 1 aliphatic heterocycles. The van der Waals surface area contributed by atoms with Crippen LogP contribution < -0.4 is 5.73 Å². The van der Waals surface area contributed by atoms with Crippen LogP contribution in [0.15, 0.2) is 10.9 Å². The number of carbonyl (C=O) groups excluding carboxylic acids is 1. The van der Waals surface area contributed by atoms with Crippen LogP contribution in [0.3, 0.4) is 0 Å². The molecule has 0 radical (unpaired) electrons. The number of hydrogen-bond donors (Lipinski definition) is 1. The largest absolute Gasteiger partial charge is 0.383 e. The summed E-state index contributed by atoms with van der Waals surface area (Å²) in [5.74, 6) is 0.581. The molecule has 0 unspecified atom stereocenters. The average Bonchev–Trinajstić information content (AvgIpc) is 2.86. The van der Waals surface area contributed by atoms with Crippen molar-refractivity contribution < 1.29 is 4.79 Å². The quantitative estimate of drug-likeness (QED) is 0.751. The number of fused-ring (bicyclic) bond motifs is 1. The zero-order chi connectivity index (χ0) is 15.7. The zero-order valence-electron chi connectivity index (χ0n) is 11.9. The van der Waals surface area contributed by atoms with Gasteiger partial charge in [0.15, 0.2) is 5.65 Å². The molecular formula is C13H16Br2N6O. The summed E-state index contributed by atoms with van der Waals surface area (Å²) < 4.78 is 2.51. The molecule has 7 nitrogen and oxygen atoms in total. The minimum absolute atomic E-state index is 0.108. The van der Waals surface area contributed by atoms with Gasteiger partial charge in [-0.15, -0.1) is 0 Å². The second-order valence-corrected chi connectivity index (χ2v) is 6.81. The molecule has 1 saturated heterocycles. The van der Waals surface area contributed by atoms with Gasteiger partial charge in [-0.1, -0.05) is 15.9 Å². The summed E-state index contributed by atoms with van der Waals surface area (Å²) in [6.45, 7) is 1.46. The van der Waals surface area contributed by atoms with E-state index in [2.05, 4.69) is 46.9 Å². The van der Waals surface area contributed by atoms with Gasteiger partial charge in [0.2, 0.25) is 5.91 Å². The number of aromatic nitrogens is 4. The van der Waals surface area contributed by atoms with Crippen LogP contribution in [0.25, 0.3) is 11.0 Å². The van der Waals surface area contributed by atoms with Gasteiger partial charge in [-0.3, -0.25) is 4.79 Å². The molecule has 1 atom stereocenters. The normalized spacial score (nSPS) is 18.8. The van der Waals surface area contributed by atoms with Crippen LogP contribution in [-0.4, -0.2) is 49.0 Å². The Morgan fingerprint density at radius 2 is 2.27 bits per heavy atom. The van der Waals surface area contributed by atoms with Gasteiger partial charge < -0.3 is 10.6 Å². The van der Waals surface area contributed by atoms with E-state index in [1.54, 1.807) is 0 Å². The summed E-state index contributed by atoms with van der Waals surface area (Å²) in [6, 6.07) is 0.108. The van der Waals surface area contributed by atoms with Crippen molar-refractivity contribution >= 4 is 54.6 Å². The molecule has 9 heteroatoms. The summed E-state index contributed by atoms with van der Waals surface area (Å²) >= 11 is 6.74. The number of nitrogens with two attached hydrogens (primary N) is 1. The fourth-order valence-corrected chi connectivity index (χ4v) is 3.72. The van der Waals surface area contributed by atoms with Gasteiger partial charge >= 0.3 is 0 Å². The van der Waals surface area contributed by atoms with Crippen LogP contribution >= 0.6 is 31.9 Å². The SMILES string of the molecule is Nc1ncnc2c1c(Br)nn2[C@@H]1CCCN(C(=O)CCBr)C1. The molecule has 0 saturated carbocycles. The molecule has 2 aromatic rings. The number of rotatable bonds is 3. The lowest BCUT2D eigenvalue weighted by Gasteiger charge is -2.33. The number of nitrogen functional groups attached to an aromatic ring is 1. The van der Waals surface area contributed by atoms with Crippen molar-refractivity contribution in [1.29, 1.82) is 0 Å². The molecule has 1 aliphatic rings. The predicted molar refractivity (Wildman–Crippen MR) is 90.7 cm³/mol. The maximum Gasteiger partial charge on any atom is 0.223 e. The van der Waals surface area contributed by atoms with Gasteiger partial charge in [0.1, 0.15) is 16.7 Å². The van der Waals surface area contributed by atoms with Crippen LogP contribution in [-0.2, 0) is 4.79 Å². The van der Waals surface area contributed by atoms with Gasteiger partial charge in [-0.05, 0) is 28.8 Å². The highest BCUT2D eigenvalue weighted by molar-refractivity contribution is 9.10. The van der Waals surface area contributed by atoms with Crippen LogP contribution in [0.2, 0.25) is 0 Å². The third kappa shape index (κ3) is 2.83. The van der Waals surface area contributed by atoms with Crippen molar-refractivity contribution in [2.45, 2.75) is 25.3 Å². The number of nitrogens with zero attached hydrogens (tertiary/aromatic N) is 5. The van der Waals surface area contributed by atoms with Gasteiger partial charge in [-0.25, -0.2) is 14.6 Å². The molecule has 2 aromatic heterocycles. The topological polar surface area (TPSA) is 89.9 Å². The maximum absolute atomic E-state index is 12.1. The molecule has 1 fully saturated rings. The van der Waals surface area contributed by atoms with Crippen LogP contribution in [0.4, 0.5) is 5.82 Å². The van der Waals surface area contributed by atoms with E-state index in [1.165, 1.54) is 6.33 Å². The Morgan fingerprint density at radius 1 is 1.45 bits per heavy atom. The molecule has 3 heterocycles. The summed E-state index contributed by atoms with van der Waals surface area (Å²) in [5, 5.41) is 5.93. The van der Waals surface area contributed by atoms with Crippen LogP contribution in [0.1, 0.15) is 25.3 Å². The van der Waals surface area contributed by atoms with E-state index < -0.39 is 0 Å². The molecule has 0 spiro atoms. The summed E-state index contributed by atoms with van der Waals surface area (Å²) in [6.07, 6.45) is 3.88. The Hall–Kier alpha value is -1.22. The Morgan fingerprint density at radius 3 is 3.05 bits per heavy atom.